The second-order valence-electron chi connectivity index (χ2n) is 7.25. The summed E-state index contributed by atoms with van der Waals surface area (Å²) in [5, 5.41) is 2.98. The van der Waals surface area contributed by atoms with Crippen LogP contribution < -0.4 is 14.8 Å². The van der Waals surface area contributed by atoms with Gasteiger partial charge in [-0.05, 0) is 61.7 Å². The third-order valence-corrected chi connectivity index (χ3v) is 6.46. The van der Waals surface area contributed by atoms with Crippen LogP contribution in [0.15, 0.2) is 77.7 Å². The van der Waals surface area contributed by atoms with Crippen LogP contribution in [0.4, 0.5) is 5.69 Å². The highest BCUT2D eigenvalue weighted by Crippen LogP contribution is 2.27. The Bertz CT molecular complexity index is 1180. The fourth-order valence-corrected chi connectivity index (χ4v) is 4.69. The van der Waals surface area contributed by atoms with Gasteiger partial charge in [-0.2, -0.15) is 4.72 Å². The van der Waals surface area contributed by atoms with E-state index in [2.05, 4.69) is 10.0 Å². The average molecular weight is 473 g/mol. The fourth-order valence-electron chi connectivity index (χ4n) is 3.17. The van der Waals surface area contributed by atoms with Crippen LogP contribution in [0.5, 0.6) is 5.75 Å². The Morgan fingerprint density at radius 3 is 2.44 bits per heavy atom. The molecule has 0 aromatic heterocycles. The van der Waals surface area contributed by atoms with E-state index in [-0.39, 0.29) is 16.3 Å². The van der Waals surface area contributed by atoms with Crippen LogP contribution in [-0.4, -0.2) is 27.0 Å². The number of hydrogen-bond donors (Lipinski definition) is 2. The summed E-state index contributed by atoms with van der Waals surface area (Å²) < 4.78 is 34.0. The summed E-state index contributed by atoms with van der Waals surface area (Å²) >= 11 is 6.17. The van der Waals surface area contributed by atoms with Gasteiger partial charge in [-0.25, -0.2) is 8.42 Å². The molecule has 1 amide bonds. The van der Waals surface area contributed by atoms with E-state index in [4.69, 9.17) is 16.3 Å². The Morgan fingerprint density at radius 1 is 1.03 bits per heavy atom. The van der Waals surface area contributed by atoms with Gasteiger partial charge < -0.3 is 10.1 Å². The van der Waals surface area contributed by atoms with Crippen molar-refractivity contribution < 1.29 is 17.9 Å². The smallest absolute Gasteiger partial charge is 0.242 e. The first-order valence-electron chi connectivity index (χ1n) is 10.1. The third-order valence-electron chi connectivity index (χ3n) is 4.70. The van der Waals surface area contributed by atoms with Crippen molar-refractivity contribution in [2.75, 3.05) is 11.9 Å². The first-order valence-corrected chi connectivity index (χ1v) is 12.0. The molecule has 0 saturated carbocycles. The number of benzene rings is 3. The number of hydrogen-bond acceptors (Lipinski definition) is 4. The first kappa shape index (κ1) is 23.8. The van der Waals surface area contributed by atoms with Crippen LogP contribution in [0.1, 0.15) is 18.1 Å². The number of sulfonamides is 1. The van der Waals surface area contributed by atoms with E-state index in [1.165, 1.54) is 18.2 Å². The molecule has 6 nitrogen and oxygen atoms in total. The number of carbonyl (C=O) groups excluding carboxylic acids is 1. The van der Waals surface area contributed by atoms with E-state index in [0.29, 0.717) is 18.0 Å². The zero-order valence-corrected chi connectivity index (χ0v) is 19.4. The highest BCUT2D eigenvalue weighted by atomic mass is 35.5. The lowest BCUT2D eigenvalue weighted by molar-refractivity contribution is -0.117. The predicted molar refractivity (Wildman–Crippen MR) is 127 cm³/mol. The van der Waals surface area contributed by atoms with Gasteiger partial charge in [0.15, 0.2) is 0 Å². The zero-order chi connectivity index (χ0) is 23.1. The second-order valence-corrected chi connectivity index (χ2v) is 9.37. The lowest BCUT2D eigenvalue weighted by Gasteiger charge is -2.19. The summed E-state index contributed by atoms with van der Waals surface area (Å²) in [6, 6.07) is 19.7. The maximum absolute atomic E-state index is 13.1. The van der Waals surface area contributed by atoms with Crippen LogP contribution in [0.25, 0.3) is 0 Å². The maximum atomic E-state index is 13.1. The lowest BCUT2D eigenvalue weighted by Crippen LogP contribution is -2.45. The zero-order valence-electron chi connectivity index (χ0n) is 17.8. The van der Waals surface area contributed by atoms with Crippen LogP contribution >= 0.6 is 11.6 Å². The summed E-state index contributed by atoms with van der Waals surface area (Å²) in [5.41, 5.74) is 2.40. The van der Waals surface area contributed by atoms with Gasteiger partial charge in [-0.1, -0.05) is 54.1 Å². The maximum Gasteiger partial charge on any atom is 0.242 e. The largest absolute Gasteiger partial charge is 0.492 e. The fraction of sp³-hybridized carbons (Fsp3) is 0.208. The van der Waals surface area contributed by atoms with Gasteiger partial charge in [0, 0.05) is 5.69 Å². The number of halogens is 1. The first-order chi connectivity index (χ1) is 15.3. The number of aryl methyl sites for hydroxylation is 1. The minimum atomic E-state index is -4.03. The lowest BCUT2D eigenvalue weighted by atomic mass is 10.1. The van der Waals surface area contributed by atoms with Gasteiger partial charge in [-0.15, -0.1) is 0 Å². The third kappa shape index (κ3) is 6.32. The van der Waals surface area contributed by atoms with Crippen molar-refractivity contribution in [3.63, 3.8) is 0 Å². The molecule has 0 saturated heterocycles. The highest BCUT2D eigenvalue weighted by molar-refractivity contribution is 7.89. The number of anilines is 1. The Morgan fingerprint density at radius 2 is 1.78 bits per heavy atom. The van der Waals surface area contributed by atoms with E-state index in [1.54, 1.807) is 6.07 Å². The number of carbonyl (C=O) groups is 1. The van der Waals surface area contributed by atoms with E-state index in [0.717, 1.165) is 11.1 Å². The molecule has 0 unspecified atom stereocenters. The van der Waals surface area contributed by atoms with Gasteiger partial charge in [0.05, 0.1) is 16.5 Å². The van der Waals surface area contributed by atoms with Crippen molar-refractivity contribution in [3.05, 3.63) is 88.9 Å². The van der Waals surface area contributed by atoms with Crippen molar-refractivity contribution in [1.82, 2.24) is 4.72 Å². The summed E-state index contributed by atoms with van der Waals surface area (Å²) in [6.45, 7) is 4.13. The molecule has 168 valence electrons. The number of amides is 1. The molecular weight excluding hydrogens is 448 g/mol. The van der Waals surface area contributed by atoms with Crippen LogP contribution in [-0.2, 0) is 21.2 Å². The van der Waals surface area contributed by atoms with Crippen LogP contribution in [0.3, 0.4) is 0 Å². The summed E-state index contributed by atoms with van der Waals surface area (Å²) in [6.07, 6.45) is 0.183. The van der Waals surface area contributed by atoms with Crippen LogP contribution in [0, 0.1) is 6.92 Å². The molecule has 1 atom stereocenters. The summed E-state index contributed by atoms with van der Waals surface area (Å²) in [5.74, 6) is -0.0637. The van der Waals surface area contributed by atoms with Crippen molar-refractivity contribution in [3.8, 4) is 5.75 Å². The number of nitrogens with one attached hydrogen (secondary N) is 2. The van der Waals surface area contributed by atoms with Crippen molar-refractivity contribution in [2.24, 2.45) is 0 Å². The summed E-state index contributed by atoms with van der Waals surface area (Å²) in [4.78, 5) is 13.0. The van der Waals surface area contributed by atoms with Crippen molar-refractivity contribution in [1.29, 1.82) is 0 Å². The Kier molecular flexibility index (Phi) is 7.90. The molecule has 8 heteroatoms. The monoisotopic (exact) mass is 472 g/mol. The topological polar surface area (TPSA) is 84.5 Å². The molecule has 2 N–H and O–H groups in total. The minimum Gasteiger partial charge on any atom is -0.492 e. The van der Waals surface area contributed by atoms with E-state index in [1.807, 2.05) is 62.4 Å². The van der Waals surface area contributed by atoms with Crippen molar-refractivity contribution in [2.45, 2.75) is 31.2 Å². The Labute approximate surface area is 193 Å². The molecule has 3 aromatic rings. The minimum absolute atomic E-state index is 0.0487. The average Bonchev–Trinajstić information content (AvgIpc) is 2.75. The Hall–Kier alpha value is -2.87. The molecular formula is C24H25ClN2O4S. The molecule has 0 bridgehead atoms. The van der Waals surface area contributed by atoms with Crippen molar-refractivity contribution >= 4 is 33.2 Å². The molecule has 0 radical (unpaired) electrons. The van der Waals surface area contributed by atoms with Gasteiger partial charge in [0.1, 0.15) is 11.8 Å². The molecule has 3 rings (SSSR count). The predicted octanol–water partition coefficient (Wildman–Crippen LogP) is 4.58. The quantitative estimate of drug-likeness (QED) is 0.477. The summed E-state index contributed by atoms with van der Waals surface area (Å²) in [7, 11) is -4.03. The molecule has 3 aromatic carbocycles. The van der Waals surface area contributed by atoms with Crippen LogP contribution in [0.2, 0.25) is 5.02 Å². The van der Waals surface area contributed by atoms with Gasteiger partial charge in [0.25, 0.3) is 0 Å². The normalized spacial score (nSPS) is 12.2. The second kappa shape index (κ2) is 10.6. The number of ether oxygens (including phenoxy) is 1. The van der Waals surface area contributed by atoms with E-state index < -0.39 is 22.0 Å². The molecule has 0 aliphatic carbocycles. The van der Waals surface area contributed by atoms with Gasteiger partial charge >= 0.3 is 0 Å². The highest BCUT2D eigenvalue weighted by Gasteiger charge is 2.27. The van der Waals surface area contributed by atoms with E-state index in [9.17, 15) is 13.2 Å². The molecule has 0 fully saturated rings. The van der Waals surface area contributed by atoms with E-state index >= 15 is 0 Å². The molecule has 0 spiro atoms. The molecule has 0 heterocycles. The standard InChI is InChI=1S/C24H25ClN2O4S/c1-3-31-23-13-12-20(16-21(23)25)32(29,30)27-22(15-18-9-5-4-6-10-18)24(28)26-19-11-7-8-17(2)14-19/h4-14,16,22,27H,3,15H2,1-2H3,(H,26,28)/t22-/m0/s1. The Balaban J connectivity index is 1.87. The molecule has 32 heavy (non-hydrogen) atoms. The SMILES string of the molecule is CCOc1ccc(S(=O)(=O)N[C@@H](Cc2ccccc2)C(=O)Nc2cccc(C)c2)cc1Cl. The van der Waals surface area contributed by atoms with Gasteiger partial charge in [-0.3, -0.25) is 4.79 Å². The molecule has 0 aliphatic heterocycles. The molecule has 0 aliphatic rings. The van der Waals surface area contributed by atoms with Gasteiger partial charge in [0.2, 0.25) is 15.9 Å². The number of rotatable bonds is 9.